The average molecular weight is 267 g/mol. The highest BCUT2D eigenvalue weighted by atomic mass is 32.2. The highest BCUT2D eigenvalue weighted by molar-refractivity contribution is 8.00. The van der Waals surface area contributed by atoms with Gasteiger partial charge in [0.05, 0.1) is 11.5 Å². The van der Waals surface area contributed by atoms with Crippen LogP contribution in [-0.4, -0.2) is 39.9 Å². The van der Waals surface area contributed by atoms with Crippen LogP contribution in [0.15, 0.2) is 30.3 Å². The second-order valence-corrected chi connectivity index (χ2v) is 4.77. The number of nitrogens with zero attached hydrogens (tertiary/aromatic N) is 1. The van der Waals surface area contributed by atoms with Gasteiger partial charge in [-0.2, -0.15) is 0 Å². The van der Waals surface area contributed by atoms with Gasteiger partial charge in [-0.05, 0) is 12.5 Å². The molecule has 0 aliphatic carbocycles. The molecule has 0 heterocycles. The third-order valence-corrected chi connectivity index (χ3v) is 3.30. The quantitative estimate of drug-likeness (QED) is 0.819. The molecular weight excluding hydrogens is 250 g/mol. The Bertz CT molecular complexity index is 394. The largest absolute Gasteiger partial charge is 0.481 e. The molecule has 0 aromatic heterocycles. The first kappa shape index (κ1) is 14.6. The first-order chi connectivity index (χ1) is 8.63. The standard InChI is InChI=1S/C13H17NO3S/c1-2-14(8-11-6-4-3-5-7-11)12(15)9-18-10-13(16)17/h3-7H,2,8-10H2,1H3,(H,16,17). The number of carbonyl (C=O) groups is 2. The van der Waals surface area contributed by atoms with Crippen LogP contribution in [-0.2, 0) is 16.1 Å². The van der Waals surface area contributed by atoms with E-state index in [-0.39, 0.29) is 17.4 Å². The monoisotopic (exact) mass is 267 g/mol. The van der Waals surface area contributed by atoms with Crippen molar-refractivity contribution in [3.05, 3.63) is 35.9 Å². The lowest BCUT2D eigenvalue weighted by Gasteiger charge is -2.20. The van der Waals surface area contributed by atoms with E-state index in [0.717, 1.165) is 17.3 Å². The van der Waals surface area contributed by atoms with Crippen molar-refractivity contribution in [3.8, 4) is 0 Å². The fraction of sp³-hybridized carbons (Fsp3) is 0.385. The molecule has 1 aromatic carbocycles. The first-order valence-electron chi connectivity index (χ1n) is 5.74. The molecule has 0 unspecified atom stereocenters. The maximum absolute atomic E-state index is 11.9. The van der Waals surface area contributed by atoms with Crippen LogP contribution in [0, 0.1) is 0 Å². The van der Waals surface area contributed by atoms with E-state index in [1.807, 2.05) is 37.3 Å². The zero-order valence-corrected chi connectivity index (χ0v) is 11.2. The number of carboxylic acid groups (broad SMARTS) is 1. The summed E-state index contributed by atoms with van der Waals surface area (Å²) in [5.41, 5.74) is 1.08. The number of carboxylic acids is 1. The molecule has 98 valence electrons. The third kappa shape index (κ3) is 5.23. The van der Waals surface area contributed by atoms with Crippen LogP contribution in [0.5, 0.6) is 0 Å². The molecule has 1 N–H and O–H groups in total. The molecule has 1 rings (SSSR count). The molecule has 4 nitrogen and oxygen atoms in total. The summed E-state index contributed by atoms with van der Waals surface area (Å²) in [6.07, 6.45) is 0. The van der Waals surface area contributed by atoms with Crippen LogP contribution in [0.4, 0.5) is 0 Å². The summed E-state index contributed by atoms with van der Waals surface area (Å²) in [6.45, 7) is 3.12. The first-order valence-corrected chi connectivity index (χ1v) is 6.90. The topological polar surface area (TPSA) is 57.6 Å². The molecule has 1 amide bonds. The Morgan fingerprint density at radius 2 is 1.89 bits per heavy atom. The zero-order chi connectivity index (χ0) is 13.4. The highest BCUT2D eigenvalue weighted by Gasteiger charge is 2.12. The second kappa shape index (κ2) is 7.76. The summed E-state index contributed by atoms with van der Waals surface area (Å²) >= 11 is 1.13. The third-order valence-electron chi connectivity index (χ3n) is 2.40. The van der Waals surface area contributed by atoms with Gasteiger partial charge >= 0.3 is 5.97 Å². The molecule has 0 aliphatic heterocycles. The summed E-state index contributed by atoms with van der Waals surface area (Å²) in [6, 6.07) is 9.75. The summed E-state index contributed by atoms with van der Waals surface area (Å²) in [7, 11) is 0. The smallest absolute Gasteiger partial charge is 0.313 e. The van der Waals surface area contributed by atoms with Gasteiger partial charge in [0.25, 0.3) is 0 Å². The number of benzene rings is 1. The highest BCUT2D eigenvalue weighted by Crippen LogP contribution is 2.08. The minimum Gasteiger partial charge on any atom is -0.481 e. The minimum absolute atomic E-state index is 0.0207. The van der Waals surface area contributed by atoms with Crippen LogP contribution >= 0.6 is 11.8 Å². The summed E-state index contributed by atoms with van der Waals surface area (Å²) in [4.78, 5) is 24.0. The van der Waals surface area contributed by atoms with Gasteiger partial charge in [-0.1, -0.05) is 30.3 Å². The number of thioether (sulfide) groups is 1. The van der Waals surface area contributed by atoms with Gasteiger partial charge < -0.3 is 10.0 Å². The average Bonchev–Trinajstić information content (AvgIpc) is 2.36. The SMILES string of the molecule is CCN(Cc1ccccc1)C(=O)CSCC(=O)O. The Balaban J connectivity index is 2.45. The Morgan fingerprint density at radius 3 is 2.44 bits per heavy atom. The molecule has 0 bridgehead atoms. The maximum atomic E-state index is 11.9. The normalized spacial score (nSPS) is 10.1. The minimum atomic E-state index is -0.890. The van der Waals surface area contributed by atoms with Crippen LogP contribution in [0.3, 0.4) is 0 Å². The zero-order valence-electron chi connectivity index (χ0n) is 10.3. The predicted molar refractivity (Wildman–Crippen MR) is 72.5 cm³/mol. The lowest BCUT2D eigenvalue weighted by atomic mass is 10.2. The number of carbonyl (C=O) groups excluding carboxylic acids is 1. The Morgan fingerprint density at radius 1 is 1.22 bits per heavy atom. The summed E-state index contributed by atoms with van der Waals surface area (Å²) < 4.78 is 0. The lowest BCUT2D eigenvalue weighted by molar-refractivity contribution is -0.133. The lowest BCUT2D eigenvalue weighted by Crippen LogP contribution is -2.32. The molecule has 18 heavy (non-hydrogen) atoms. The second-order valence-electron chi connectivity index (χ2n) is 3.78. The van der Waals surface area contributed by atoms with E-state index in [9.17, 15) is 9.59 Å². The molecular formula is C13H17NO3S. The molecule has 0 spiro atoms. The van der Waals surface area contributed by atoms with Crippen molar-refractivity contribution in [2.24, 2.45) is 0 Å². The van der Waals surface area contributed by atoms with E-state index >= 15 is 0 Å². The van der Waals surface area contributed by atoms with Gasteiger partial charge in [0.15, 0.2) is 0 Å². The summed E-state index contributed by atoms with van der Waals surface area (Å²) in [5.74, 6) is -0.728. The fourth-order valence-corrected chi connectivity index (χ4v) is 2.13. The Labute approximate surface area is 111 Å². The van der Waals surface area contributed by atoms with Crippen molar-refractivity contribution in [1.82, 2.24) is 4.90 Å². The van der Waals surface area contributed by atoms with E-state index in [0.29, 0.717) is 13.1 Å². The van der Waals surface area contributed by atoms with E-state index in [1.165, 1.54) is 0 Å². The maximum Gasteiger partial charge on any atom is 0.313 e. The van der Waals surface area contributed by atoms with Crippen LogP contribution in [0.2, 0.25) is 0 Å². The van der Waals surface area contributed by atoms with Crippen molar-refractivity contribution < 1.29 is 14.7 Å². The molecule has 0 saturated carbocycles. The van der Waals surface area contributed by atoms with Crippen molar-refractivity contribution in [2.45, 2.75) is 13.5 Å². The van der Waals surface area contributed by atoms with Gasteiger partial charge in [-0.15, -0.1) is 11.8 Å². The number of amides is 1. The molecule has 5 heteroatoms. The van der Waals surface area contributed by atoms with Crippen LogP contribution in [0.1, 0.15) is 12.5 Å². The van der Waals surface area contributed by atoms with Crippen LogP contribution in [0.25, 0.3) is 0 Å². The molecule has 0 radical (unpaired) electrons. The van der Waals surface area contributed by atoms with E-state index < -0.39 is 5.97 Å². The molecule has 1 aromatic rings. The van der Waals surface area contributed by atoms with E-state index in [1.54, 1.807) is 4.90 Å². The summed E-state index contributed by atoms with van der Waals surface area (Å²) in [5, 5.41) is 8.51. The van der Waals surface area contributed by atoms with Crippen LogP contribution < -0.4 is 0 Å². The molecule has 0 atom stereocenters. The number of rotatable bonds is 7. The van der Waals surface area contributed by atoms with Crippen molar-refractivity contribution >= 4 is 23.6 Å². The number of aliphatic carboxylic acids is 1. The molecule has 0 saturated heterocycles. The van der Waals surface area contributed by atoms with E-state index in [2.05, 4.69) is 0 Å². The molecule has 0 fully saturated rings. The van der Waals surface area contributed by atoms with Gasteiger partial charge in [-0.25, -0.2) is 0 Å². The number of hydrogen-bond donors (Lipinski definition) is 1. The van der Waals surface area contributed by atoms with Gasteiger partial charge in [0.2, 0.25) is 5.91 Å². The Hall–Kier alpha value is -1.49. The van der Waals surface area contributed by atoms with Crippen molar-refractivity contribution in [3.63, 3.8) is 0 Å². The van der Waals surface area contributed by atoms with Gasteiger partial charge in [0.1, 0.15) is 0 Å². The Kier molecular flexibility index (Phi) is 6.28. The number of hydrogen-bond acceptors (Lipinski definition) is 3. The molecule has 0 aliphatic rings. The predicted octanol–water partition coefficient (Wildman–Crippen LogP) is 1.85. The van der Waals surface area contributed by atoms with Crippen molar-refractivity contribution in [2.75, 3.05) is 18.1 Å². The fourth-order valence-electron chi connectivity index (χ4n) is 1.50. The van der Waals surface area contributed by atoms with Gasteiger partial charge in [0, 0.05) is 13.1 Å². The van der Waals surface area contributed by atoms with E-state index in [4.69, 9.17) is 5.11 Å². The van der Waals surface area contributed by atoms with Crippen molar-refractivity contribution in [1.29, 1.82) is 0 Å². The van der Waals surface area contributed by atoms with Gasteiger partial charge in [-0.3, -0.25) is 9.59 Å².